The summed E-state index contributed by atoms with van der Waals surface area (Å²) in [4.78, 5) is 31.3. The van der Waals surface area contributed by atoms with Crippen molar-refractivity contribution in [1.29, 1.82) is 0 Å². The lowest BCUT2D eigenvalue weighted by Crippen LogP contribution is -2.52. The van der Waals surface area contributed by atoms with E-state index < -0.39 is 5.91 Å². The van der Waals surface area contributed by atoms with Crippen LogP contribution >= 0.6 is 0 Å². The normalized spacial score (nSPS) is 22.7. The highest BCUT2D eigenvalue weighted by molar-refractivity contribution is 5.93. The minimum atomic E-state index is -0.392. The third-order valence-corrected chi connectivity index (χ3v) is 4.49. The van der Waals surface area contributed by atoms with Crippen molar-refractivity contribution in [3.8, 4) is 0 Å². The fourth-order valence-corrected chi connectivity index (χ4v) is 3.22. The van der Waals surface area contributed by atoms with Crippen LogP contribution in [-0.4, -0.2) is 58.1 Å². The standard InChI is InChI=1S/C18H24N4O3/c1-12(21-10-13(2)25-14(3)11-21)8-20-17(23)15-9-19-16-6-4-5-7-22(16)18(15)24/h4-7,9,12-14H,8,10-11H2,1-3H3,(H,20,23)/t12-,13+,14+/m0/s1. The van der Waals surface area contributed by atoms with Crippen molar-refractivity contribution in [2.45, 2.75) is 39.0 Å². The molecular weight excluding hydrogens is 320 g/mol. The minimum Gasteiger partial charge on any atom is -0.373 e. The lowest BCUT2D eigenvalue weighted by Gasteiger charge is -2.38. The molecule has 0 aliphatic carbocycles. The van der Waals surface area contributed by atoms with Crippen LogP contribution in [0.2, 0.25) is 0 Å². The van der Waals surface area contributed by atoms with Gasteiger partial charge in [0.25, 0.3) is 11.5 Å². The highest BCUT2D eigenvalue weighted by Gasteiger charge is 2.26. The van der Waals surface area contributed by atoms with Gasteiger partial charge in [0.15, 0.2) is 0 Å². The maximum atomic E-state index is 12.4. The van der Waals surface area contributed by atoms with E-state index in [2.05, 4.69) is 36.0 Å². The fourth-order valence-electron chi connectivity index (χ4n) is 3.22. The molecule has 3 rings (SSSR count). The zero-order valence-corrected chi connectivity index (χ0v) is 14.8. The number of fused-ring (bicyclic) bond motifs is 1. The second-order valence-corrected chi connectivity index (χ2v) is 6.68. The summed E-state index contributed by atoms with van der Waals surface area (Å²) < 4.78 is 7.12. The molecule has 1 aliphatic heterocycles. The number of hydrogen-bond acceptors (Lipinski definition) is 5. The van der Waals surface area contributed by atoms with Crippen LogP contribution in [-0.2, 0) is 4.74 Å². The van der Waals surface area contributed by atoms with E-state index >= 15 is 0 Å². The number of nitrogens with one attached hydrogen (secondary N) is 1. The number of carbonyl (C=O) groups excluding carboxylic acids is 1. The molecule has 1 aliphatic rings. The van der Waals surface area contributed by atoms with Crippen LogP contribution in [0.3, 0.4) is 0 Å². The summed E-state index contributed by atoms with van der Waals surface area (Å²) in [5.74, 6) is -0.392. The lowest BCUT2D eigenvalue weighted by atomic mass is 10.1. The Bertz CT molecular complexity index is 809. The van der Waals surface area contributed by atoms with Gasteiger partial charge in [-0.3, -0.25) is 18.9 Å². The molecule has 2 aromatic heterocycles. The van der Waals surface area contributed by atoms with Crippen molar-refractivity contribution in [1.82, 2.24) is 19.6 Å². The molecule has 0 spiro atoms. The van der Waals surface area contributed by atoms with Crippen molar-refractivity contribution < 1.29 is 9.53 Å². The first-order valence-electron chi connectivity index (χ1n) is 8.60. The summed E-state index contributed by atoms with van der Waals surface area (Å²) in [5, 5.41) is 2.86. The summed E-state index contributed by atoms with van der Waals surface area (Å²) in [5.41, 5.74) is 0.220. The van der Waals surface area contributed by atoms with Crippen LogP contribution < -0.4 is 10.9 Å². The largest absolute Gasteiger partial charge is 0.373 e. The van der Waals surface area contributed by atoms with Crippen LogP contribution in [0.15, 0.2) is 35.4 Å². The molecule has 1 fully saturated rings. The Morgan fingerprint density at radius 1 is 1.36 bits per heavy atom. The first-order chi connectivity index (χ1) is 12.0. The summed E-state index contributed by atoms with van der Waals surface area (Å²) in [6, 6.07) is 5.42. The number of amides is 1. The Morgan fingerprint density at radius 2 is 2.08 bits per heavy atom. The molecule has 3 atom stereocenters. The molecule has 1 amide bonds. The topological polar surface area (TPSA) is 75.9 Å². The van der Waals surface area contributed by atoms with Crippen LogP contribution in [0, 0.1) is 0 Å². The number of nitrogens with zero attached hydrogens (tertiary/aromatic N) is 3. The van der Waals surface area contributed by atoms with E-state index in [1.54, 1.807) is 24.4 Å². The van der Waals surface area contributed by atoms with Crippen LogP contribution in [0.25, 0.3) is 5.65 Å². The first kappa shape index (κ1) is 17.6. The summed E-state index contributed by atoms with van der Waals surface area (Å²) in [6.07, 6.45) is 3.31. The molecule has 3 heterocycles. The van der Waals surface area contributed by atoms with Gasteiger partial charge in [0.2, 0.25) is 0 Å². The molecule has 0 bridgehead atoms. The predicted molar refractivity (Wildman–Crippen MR) is 94.8 cm³/mol. The lowest BCUT2D eigenvalue weighted by molar-refractivity contribution is -0.0778. The summed E-state index contributed by atoms with van der Waals surface area (Å²) in [6.45, 7) is 8.31. The smallest absolute Gasteiger partial charge is 0.270 e. The minimum absolute atomic E-state index is 0.0552. The maximum Gasteiger partial charge on any atom is 0.270 e. The van der Waals surface area contributed by atoms with E-state index in [9.17, 15) is 9.59 Å². The highest BCUT2D eigenvalue weighted by atomic mass is 16.5. The van der Waals surface area contributed by atoms with Gasteiger partial charge in [-0.15, -0.1) is 0 Å². The van der Waals surface area contributed by atoms with Gasteiger partial charge in [-0.25, -0.2) is 4.98 Å². The molecule has 0 unspecified atom stereocenters. The molecule has 7 heteroatoms. The number of morpholine rings is 1. The number of rotatable bonds is 4. The van der Waals surface area contributed by atoms with Gasteiger partial charge < -0.3 is 10.1 Å². The summed E-state index contributed by atoms with van der Waals surface area (Å²) >= 11 is 0. The zero-order chi connectivity index (χ0) is 18.0. The molecule has 25 heavy (non-hydrogen) atoms. The van der Waals surface area contributed by atoms with Crippen LogP contribution in [0.5, 0.6) is 0 Å². The van der Waals surface area contributed by atoms with E-state index in [0.717, 1.165) is 13.1 Å². The van der Waals surface area contributed by atoms with Crippen LogP contribution in [0.4, 0.5) is 0 Å². The predicted octanol–water partition coefficient (Wildman–Crippen LogP) is 0.922. The van der Waals surface area contributed by atoms with Crippen molar-refractivity contribution in [2.24, 2.45) is 0 Å². The van der Waals surface area contributed by atoms with Gasteiger partial charge in [-0.2, -0.15) is 0 Å². The Hall–Kier alpha value is -2.25. The molecule has 0 saturated carbocycles. The van der Waals surface area contributed by atoms with E-state index in [-0.39, 0.29) is 29.4 Å². The number of aromatic nitrogens is 2. The van der Waals surface area contributed by atoms with Crippen molar-refractivity contribution in [3.63, 3.8) is 0 Å². The molecular formula is C18H24N4O3. The van der Waals surface area contributed by atoms with Crippen LogP contribution in [0.1, 0.15) is 31.1 Å². The second-order valence-electron chi connectivity index (χ2n) is 6.68. The Morgan fingerprint density at radius 3 is 2.80 bits per heavy atom. The quantitative estimate of drug-likeness (QED) is 0.893. The Kier molecular flexibility index (Phi) is 5.15. The fraction of sp³-hybridized carbons (Fsp3) is 0.500. The average Bonchev–Trinajstić information content (AvgIpc) is 2.59. The Labute approximate surface area is 146 Å². The number of hydrogen-bond donors (Lipinski definition) is 1. The van der Waals surface area contributed by atoms with E-state index in [1.807, 2.05) is 0 Å². The Balaban J connectivity index is 1.66. The SMILES string of the molecule is C[C@@H]1CN([C@@H](C)CNC(=O)c2cnc3ccccn3c2=O)C[C@@H](C)O1. The molecule has 0 aromatic carbocycles. The first-order valence-corrected chi connectivity index (χ1v) is 8.60. The summed E-state index contributed by atoms with van der Waals surface area (Å²) in [7, 11) is 0. The third-order valence-electron chi connectivity index (χ3n) is 4.49. The van der Waals surface area contributed by atoms with Gasteiger partial charge in [-0.1, -0.05) is 6.07 Å². The maximum absolute atomic E-state index is 12.4. The monoisotopic (exact) mass is 344 g/mol. The number of ether oxygens (including phenoxy) is 1. The van der Waals surface area contributed by atoms with Gasteiger partial charge in [0.1, 0.15) is 11.2 Å². The van der Waals surface area contributed by atoms with E-state index in [0.29, 0.717) is 12.2 Å². The van der Waals surface area contributed by atoms with E-state index in [1.165, 1.54) is 10.6 Å². The highest BCUT2D eigenvalue weighted by Crippen LogP contribution is 2.13. The van der Waals surface area contributed by atoms with Crippen molar-refractivity contribution in [3.05, 3.63) is 46.5 Å². The van der Waals surface area contributed by atoms with Gasteiger partial charge in [0, 0.05) is 38.1 Å². The molecule has 0 radical (unpaired) electrons. The molecule has 7 nitrogen and oxygen atoms in total. The number of carbonyl (C=O) groups is 1. The zero-order valence-electron chi connectivity index (χ0n) is 14.8. The van der Waals surface area contributed by atoms with Gasteiger partial charge >= 0.3 is 0 Å². The molecule has 1 saturated heterocycles. The van der Waals surface area contributed by atoms with Gasteiger partial charge in [-0.05, 0) is 32.9 Å². The molecule has 1 N–H and O–H groups in total. The van der Waals surface area contributed by atoms with Gasteiger partial charge in [0.05, 0.1) is 12.2 Å². The third kappa shape index (κ3) is 3.88. The molecule has 134 valence electrons. The van der Waals surface area contributed by atoms with Crippen molar-refractivity contribution >= 4 is 11.6 Å². The van der Waals surface area contributed by atoms with E-state index in [4.69, 9.17) is 4.74 Å². The number of pyridine rings is 1. The van der Waals surface area contributed by atoms with Crippen molar-refractivity contribution in [2.75, 3.05) is 19.6 Å². The average molecular weight is 344 g/mol. The molecule has 2 aromatic rings. The second kappa shape index (κ2) is 7.33.